The van der Waals surface area contributed by atoms with Crippen LogP contribution in [0.15, 0.2) is 16.1 Å². The van der Waals surface area contributed by atoms with E-state index in [9.17, 15) is 9.59 Å². The van der Waals surface area contributed by atoms with Crippen molar-refractivity contribution in [3.63, 3.8) is 0 Å². The van der Waals surface area contributed by atoms with E-state index in [4.69, 9.17) is 5.11 Å². The molecule has 0 saturated carbocycles. The van der Waals surface area contributed by atoms with Crippen molar-refractivity contribution in [1.29, 1.82) is 0 Å². The van der Waals surface area contributed by atoms with Crippen LogP contribution in [0, 0.1) is 5.92 Å². The molecular weight excluding hydrogens is 282 g/mol. The Kier molecular flexibility index (Phi) is 6.29. The highest BCUT2D eigenvalue weighted by Gasteiger charge is 2.42. The Morgan fingerprint density at radius 3 is 2.14 bits per heavy atom. The third kappa shape index (κ3) is 4.16. The van der Waals surface area contributed by atoms with E-state index < -0.39 is 11.5 Å². The predicted molar refractivity (Wildman–Crippen MR) is 86.9 cm³/mol. The highest BCUT2D eigenvalue weighted by molar-refractivity contribution is 6.16. The van der Waals surface area contributed by atoms with E-state index >= 15 is 0 Å². The second-order valence-electron chi connectivity index (χ2n) is 6.23. The molecule has 22 heavy (non-hydrogen) atoms. The second-order valence-corrected chi connectivity index (χ2v) is 6.23. The Bertz CT molecular complexity index is 497. The van der Waals surface area contributed by atoms with Gasteiger partial charge in [-0.05, 0) is 52.6 Å². The Morgan fingerprint density at radius 1 is 1.27 bits per heavy atom. The maximum Gasteiger partial charge on any atom is 0.331 e. The number of amidine groups is 1. The minimum atomic E-state index is -1.00. The number of carboxylic acid groups (broad SMARTS) is 1. The molecule has 0 aromatic heterocycles. The largest absolute Gasteiger partial charge is 0.478 e. The van der Waals surface area contributed by atoms with Crippen LogP contribution in [0.3, 0.4) is 0 Å². The van der Waals surface area contributed by atoms with Crippen LogP contribution in [0.4, 0.5) is 0 Å². The number of carboxylic acids is 1. The van der Waals surface area contributed by atoms with Crippen LogP contribution in [0.5, 0.6) is 0 Å². The lowest BCUT2D eigenvalue weighted by Gasteiger charge is -2.21. The van der Waals surface area contributed by atoms with E-state index in [0.29, 0.717) is 11.4 Å². The minimum absolute atomic E-state index is 0.0536. The summed E-state index contributed by atoms with van der Waals surface area (Å²) in [6.45, 7) is 11.2. The molecule has 0 aromatic carbocycles. The number of nitrogens with zero attached hydrogens (tertiary/aromatic N) is 1. The first-order chi connectivity index (χ1) is 10.2. The summed E-state index contributed by atoms with van der Waals surface area (Å²) in [5, 5.41) is 14.8. The number of carbonyl (C=O) groups is 2. The fraction of sp³-hybridized carbons (Fsp3) is 0.688. The van der Waals surface area contributed by atoms with E-state index in [1.807, 2.05) is 13.8 Å². The fourth-order valence-corrected chi connectivity index (χ4v) is 2.08. The SMILES string of the molecule is C/C(C(=O)O)=C(\C)C1=NC(C)(C(C)C)C(=O)N1.C1CCNC1. The molecule has 6 nitrogen and oxygen atoms in total. The number of aliphatic carboxylic acids is 1. The summed E-state index contributed by atoms with van der Waals surface area (Å²) >= 11 is 0. The minimum Gasteiger partial charge on any atom is -0.478 e. The highest BCUT2D eigenvalue weighted by atomic mass is 16.4. The number of aliphatic imine (C=N–C) groups is 1. The summed E-state index contributed by atoms with van der Waals surface area (Å²) in [6, 6.07) is 0. The van der Waals surface area contributed by atoms with Crippen LogP contribution in [0.1, 0.15) is 47.5 Å². The van der Waals surface area contributed by atoms with Crippen molar-refractivity contribution < 1.29 is 14.7 Å². The molecule has 0 radical (unpaired) electrons. The smallest absolute Gasteiger partial charge is 0.331 e. The van der Waals surface area contributed by atoms with Crippen LogP contribution >= 0.6 is 0 Å². The molecule has 2 heterocycles. The highest BCUT2D eigenvalue weighted by Crippen LogP contribution is 2.27. The molecule has 0 bridgehead atoms. The average Bonchev–Trinajstić information content (AvgIpc) is 3.10. The lowest BCUT2D eigenvalue weighted by Crippen LogP contribution is -2.41. The van der Waals surface area contributed by atoms with Gasteiger partial charge in [0.25, 0.3) is 5.91 Å². The lowest BCUT2D eigenvalue weighted by atomic mass is 9.89. The van der Waals surface area contributed by atoms with Gasteiger partial charge < -0.3 is 15.7 Å². The summed E-state index contributed by atoms with van der Waals surface area (Å²) in [6.07, 6.45) is 2.78. The molecule has 124 valence electrons. The normalized spacial score (nSPS) is 25.2. The third-order valence-corrected chi connectivity index (χ3v) is 4.36. The number of rotatable bonds is 3. The standard InChI is InChI=1S/C12H18N2O3.C4H9N/c1-6(2)12(5)11(17)13-9(14-12)7(3)8(4)10(15)16;1-2-4-5-3-1/h6H,1-5H3,(H,15,16)(H,13,14,17);5H,1-4H2/b8-7-;. The molecule has 6 heteroatoms. The summed E-state index contributed by atoms with van der Waals surface area (Å²) in [4.78, 5) is 27.0. The molecular formula is C16H27N3O3. The quantitative estimate of drug-likeness (QED) is 0.692. The van der Waals surface area contributed by atoms with Crippen molar-refractivity contribution >= 4 is 17.7 Å². The Hall–Kier alpha value is -1.69. The molecule has 0 aliphatic carbocycles. The molecule has 2 aliphatic rings. The summed E-state index contributed by atoms with van der Waals surface area (Å²) in [5.41, 5.74) is -0.123. The van der Waals surface area contributed by atoms with Crippen LogP contribution in [-0.4, -0.2) is 41.4 Å². The first kappa shape index (κ1) is 18.4. The molecule has 3 N–H and O–H groups in total. The van der Waals surface area contributed by atoms with Crippen molar-refractivity contribution in [3.8, 4) is 0 Å². The van der Waals surface area contributed by atoms with Gasteiger partial charge in [-0.25, -0.2) is 4.79 Å². The predicted octanol–water partition coefficient (Wildman–Crippen LogP) is 1.72. The van der Waals surface area contributed by atoms with Crippen LogP contribution in [0.2, 0.25) is 0 Å². The zero-order valence-electron chi connectivity index (χ0n) is 14.1. The van der Waals surface area contributed by atoms with Crippen LogP contribution < -0.4 is 10.6 Å². The molecule has 2 aliphatic heterocycles. The van der Waals surface area contributed by atoms with Crippen LogP contribution in [0.25, 0.3) is 0 Å². The van der Waals surface area contributed by atoms with Crippen molar-refractivity contribution in [2.24, 2.45) is 10.9 Å². The molecule has 1 unspecified atom stereocenters. The monoisotopic (exact) mass is 309 g/mol. The maximum atomic E-state index is 11.8. The van der Waals surface area contributed by atoms with E-state index in [1.165, 1.54) is 32.9 Å². The number of nitrogens with one attached hydrogen (secondary N) is 2. The van der Waals surface area contributed by atoms with E-state index in [-0.39, 0.29) is 17.4 Å². The van der Waals surface area contributed by atoms with Gasteiger partial charge in [0.1, 0.15) is 11.4 Å². The molecule has 1 fully saturated rings. The van der Waals surface area contributed by atoms with Crippen molar-refractivity contribution in [3.05, 3.63) is 11.1 Å². The molecule has 1 amide bonds. The zero-order chi connectivity index (χ0) is 16.9. The van der Waals surface area contributed by atoms with Gasteiger partial charge in [-0.15, -0.1) is 0 Å². The van der Waals surface area contributed by atoms with E-state index in [2.05, 4.69) is 15.6 Å². The summed E-state index contributed by atoms with van der Waals surface area (Å²) < 4.78 is 0. The third-order valence-electron chi connectivity index (χ3n) is 4.36. The van der Waals surface area contributed by atoms with E-state index in [0.717, 1.165) is 0 Å². The Balaban J connectivity index is 0.000000406. The van der Waals surface area contributed by atoms with Gasteiger partial charge in [0.2, 0.25) is 0 Å². The van der Waals surface area contributed by atoms with Crippen molar-refractivity contribution in [2.75, 3.05) is 13.1 Å². The maximum absolute atomic E-state index is 11.8. The Morgan fingerprint density at radius 2 is 1.82 bits per heavy atom. The molecule has 0 aromatic rings. The molecule has 1 saturated heterocycles. The van der Waals surface area contributed by atoms with Gasteiger partial charge in [-0.2, -0.15) is 0 Å². The first-order valence-electron chi connectivity index (χ1n) is 7.73. The summed E-state index contributed by atoms with van der Waals surface area (Å²) in [5.74, 6) is -0.762. The summed E-state index contributed by atoms with van der Waals surface area (Å²) in [7, 11) is 0. The fourth-order valence-electron chi connectivity index (χ4n) is 2.08. The van der Waals surface area contributed by atoms with Gasteiger partial charge in [0.15, 0.2) is 0 Å². The van der Waals surface area contributed by atoms with Gasteiger partial charge in [-0.1, -0.05) is 13.8 Å². The number of carbonyl (C=O) groups excluding carboxylic acids is 1. The average molecular weight is 309 g/mol. The van der Waals surface area contributed by atoms with Gasteiger partial charge >= 0.3 is 5.97 Å². The van der Waals surface area contributed by atoms with Crippen molar-refractivity contribution in [2.45, 2.75) is 53.0 Å². The topological polar surface area (TPSA) is 90.8 Å². The van der Waals surface area contributed by atoms with Gasteiger partial charge in [0.05, 0.1) is 0 Å². The Labute approximate surface area is 132 Å². The van der Waals surface area contributed by atoms with Crippen molar-refractivity contribution in [1.82, 2.24) is 10.6 Å². The zero-order valence-corrected chi connectivity index (χ0v) is 14.1. The number of amides is 1. The van der Waals surface area contributed by atoms with Gasteiger partial charge in [-0.3, -0.25) is 9.79 Å². The lowest BCUT2D eigenvalue weighted by molar-refractivity contribution is -0.132. The molecule has 0 spiro atoms. The molecule has 2 rings (SSSR count). The number of hydrogen-bond acceptors (Lipinski definition) is 4. The number of hydrogen-bond donors (Lipinski definition) is 3. The molecule has 1 atom stereocenters. The van der Waals surface area contributed by atoms with Gasteiger partial charge in [0, 0.05) is 11.1 Å². The van der Waals surface area contributed by atoms with Crippen LogP contribution in [-0.2, 0) is 9.59 Å². The van der Waals surface area contributed by atoms with E-state index in [1.54, 1.807) is 13.8 Å². The second kappa shape index (κ2) is 7.54. The first-order valence-corrected chi connectivity index (χ1v) is 7.73.